The van der Waals surface area contributed by atoms with Crippen LogP contribution in [-0.2, 0) is 19.4 Å². The maximum absolute atomic E-state index is 12.3. The van der Waals surface area contributed by atoms with E-state index >= 15 is 0 Å². The van der Waals surface area contributed by atoms with Crippen LogP contribution in [0, 0.1) is 0 Å². The van der Waals surface area contributed by atoms with E-state index in [9.17, 15) is 13.2 Å². The zero-order valence-electron chi connectivity index (χ0n) is 10.8. The molecule has 1 N–H and O–H groups in total. The van der Waals surface area contributed by atoms with Crippen LogP contribution in [0.4, 0.5) is 0 Å². The third-order valence-corrected chi connectivity index (χ3v) is 5.76. The second-order valence-electron chi connectivity index (χ2n) is 4.97. The van der Waals surface area contributed by atoms with Crippen molar-refractivity contribution in [3.8, 4) is 0 Å². The van der Waals surface area contributed by atoms with E-state index in [0.717, 1.165) is 0 Å². The highest BCUT2D eigenvalue weighted by molar-refractivity contribution is 7.92. The van der Waals surface area contributed by atoms with Gasteiger partial charge >= 0.3 is 0 Å². The molecule has 18 heavy (non-hydrogen) atoms. The highest BCUT2D eigenvalue weighted by Crippen LogP contribution is 2.15. The van der Waals surface area contributed by atoms with Gasteiger partial charge in [0.05, 0.1) is 23.7 Å². The van der Waals surface area contributed by atoms with Crippen LogP contribution in [0.1, 0.15) is 13.8 Å². The second kappa shape index (κ2) is 5.14. The molecular formula is C11H20N2O4S. The predicted octanol–water partition coefficient (Wildman–Crippen LogP) is -0.991. The van der Waals surface area contributed by atoms with Gasteiger partial charge in [-0.3, -0.25) is 4.79 Å². The van der Waals surface area contributed by atoms with Crippen LogP contribution in [-0.4, -0.2) is 68.6 Å². The Morgan fingerprint density at radius 2 is 2.11 bits per heavy atom. The molecule has 1 unspecified atom stereocenters. The molecule has 0 spiro atoms. The molecule has 2 aliphatic heterocycles. The number of ether oxygens (including phenoxy) is 1. The minimum atomic E-state index is -3.02. The Labute approximate surface area is 108 Å². The fourth-order valence-corrected chi connectivity index (χ4v) is 3.64. The Balaban J connectivity index is 2.02. The van der Waals surface area contributed by atoms with Gasteiger partial charge in [0.2, 0.25) is 5.91 Å². The van der Waals surface area contributed by atoms with Gasteiger partial charge in [0.25, 0.3) is 0 Å². The summed E-state index contributed by atoms with van der Waals surface area (Å²) < 4.78 is 28.7. The van der Waals surface area contributed by atoms with Crippen molar-refractivity contribution in [1.29, 1.82) is 0 Å². The average Bonchev–Trinajstić information content (AvgIpc) is 2.32. The van der Waals surface area contributed by atoms with Crippen LogP contribution in [0.3, 0.4) is 0 Å². The first-order valence-corrected chi connectivity index (χ1v) is 7.98. The van der Waals surface area contributed by atoms with Gasteiger partial charge in [-0.1, -0.05) is 0 Å². The molecule has 0 saturated carbocycles. The number of hydrogen-bond acceptors (Lipinski definition) is 5. The molecule has 0 aromatic carbocycles. The number of amides is 1. The molecule has 0 aliphatic carbocycles. The molecule has 2 fully saturated rings. The molecule has 104 valence electrons. The molecule has 2 aliphatic rings. The second-order valence-corrected chi connectivity index (χ2v) is 7.51. The lowest BCUT2D eigenvalue weighted by atomic mass is 10.1. The number of hydrogen-bond donors (Lipinski definition) is 1. The quantitative estimate of drug-likeness (QED) is 0.665. The number of nitrogens with one attached hydrogen (secondary N) is 1. The van der Waals surface area contributed by atoms with Crippen molar-refractivity contribution < 1.29 is 17.9 Å². The van der Waals surface area contributed by atoms with Crippen molar-refractivity contribution in [2.45, 2.75) is 31.2 Å². The minimum Gasteiger partial charge on any atom is -0.375 e. The van der Waals surface area contributed by atoms with Crippen molar-refractivity contribution in [3.05, 3.63) is 0 Å². The van der Waals surface area contributed by atoms with Gasteiger partial charge < -0.3 is 15.0 Å². The molecule has 0 aromatic heterocycles. The van der Waals surface area contributed by atoms with E-state index in [1.54, 1.807) is 11.8 Å². The predicted molar refractivity (Wildman–Crippen MR) is 67.0 cm³/mol. The van der Waals surface area contributed by atoms with Crippen molar-refractivity contribution in [2.24, 2.45) is 0 Å². The van der Waals surface area contributed by atoms with Crippen molar-refractivity contribution >= 4 is 15.7 Å². The summed E-state index contributed by atoms with van der Waals surface area (Å²) in [6, 6.07) is -0.355. The Morgan fingerprint density at radius 1 is 1.39 bits per heavy atom. The summed E-state index contributed by atoms with van der Waals surface area (Å²) >= 11 is 0. The first-order chi connectivity index (χ1) is 8.42. The number of nitrogens with zero attached hydrogens (tertiary/aromatic N) is 1. The molecule has 2 rings (SSSR count). The molecule has 7 heteroatoms. The van der Waals surface area contributed by atoms with E-state index in [1.807, 2.05) is 6.92 Å². The highest BCUT2D eigenvalue weighted by Gasteiger charge is 2.37. The van der Waals surface area contributed by atoms with Crippen LogP contribution in [0.15, 0.2) is 0 Å². The Bertz CT molecular complexity index is 423. The molecule has 6 nitrogen and oxygen atoms in total. The summed E-state index contributed by atoms with van der Waals surface area (Å²) in [7, 11) is -3.02. The number of rotatable bonds is 1. The lowest BCUT2D eigenvalue weighted by Crippen LogP contribution is -2.59. The fraction of sp³-hybridized carbons (Fsp3) is 0.909. The van der Waals surface area contributed by atoms with Crippen LogP contribution in [0.25, 0.3) is 0 Å². The Kier molecular flexibility index (Phi) is 3.93. The van der Waals surface area contributed by atoms with E-state index in [2.05, 4.69) is 5.32 Å². The number of morpholine rings is 1. The zero-order valence-corrected chi connectivity index (χ0v) is 11.6. The minimum absolute atomic E-state index is 0.0519. The molecule has 0 aromatic rings. The summed E-state index contributed by atoms with van der Waals surface area (Å²) in [6.45, 7) is 5.35. The van der Waals surface area contributed by atoms with Crippen LogP contribution < -0.4 is 5.32 Å². The van der Waals surface area contributed by atoms with Gasteiger partial charge in [-0.15, -0.1) is 0 Å². The third-order valence-electron chi connectivity index (χ3n) is 3.63. The van der Waals surface area contributed by atoms with E-state index < -0.39 is 15.1 Å². The van der Waals surface area contributed by atoms with E-state index in [-0.39, 0.29) is 36.9 Å². The summed E-state index contributed by atoms with van der Waals surface area (Å²) in [6.07, 6.45) is -0.167. The summed E-state index contributed by atoms with van der Waals surface area (Å²) in [5, 5.41) is 2.66. The van der Waals surface area contributed by atoms with E-state index in [1.165, 1.54) is 0 Å². The van der Waals surface area contributed by atoms with Crippen molar-refractivity contribution in [3.63, 3.8) is 0 Å². The molecule has 3 atom stereocenters. The lowest BCUT2D eigenvalue weighted by molar-refractivity contribution is -0.139. The number of carbonyl (C=O) groups is 1. The first kappa shape index (κ1) is 13.8. The molecular weight excluding hydrogens is 256 g/mol. The summed E-state index contributed by atoms with van der Waals surface area (Å²) in [4.78, 5) is 13.9. The standard InChI is InChI=1S/C11H20N2O4S/c1-8-7-13(4-6-18(8,15)16)11(14)10-9(2)17-5-3-12-10/h8-10,12H,3-7H2,1-2H3/t8?,9-,10+/m1/s1. The Hall–Kier alpha value is -0.660. The molecule has 2 heterocycles. The molecule has 0 bridgehead atoms. The van der Waals surface area contributed by atoms with Crippen molar-refractivity contribution in [1.82, 2.24) is 10.2 Å². The zero-order chi connectivity index (χ0) is 13.3. The lowest BCUT2D eigenvalue weighted by Gasteiger charge is -2.37. The van der Waals surface area contributed by atoms with Gasteiger partial charge in [0.1, 0.15) is 6.04 Å². The monoisotopic (exact) mass is 276 g/mol. The van der Waals surface area contributed by atoms with Gasteiger partial charge in [-0.05, 0) is 13.8 Å². The molecule has 1 amide bonds. The normalized spacial score (nSPS) is 36.3. The summed E-state index contributed by atoms with van der Waals surface area (Å²) in [5.74, 6) is 0.00551. The molecule has 2 saturated heterocycles. The van der Waals surface area contributed by atoms with Crippen LogP contribution >= 0.6 is 0 Å². The molecule has 0 radical (unpaired) electrons. The average molecular weight is 276 g/mol. The highest BCUT2D eigenvalue weighted by atomic mass is 32.2. The van der Waals surface area contributed by atoms with Crippen LogP contribution in [0.5, 0.6) is 0 Å². The maximum Gasteiger partial charge on any atom is 0.242 e. The van der Waals surface area contributed by atoms with Crippen LogP contribution in [0.2, 0.25) is 0 Å². The van der Waals surface area contributed by atoms with Gasteiger partial charge in [0, 0.05) is 19.6 Å². The SMILES string of the molecule is CC1CN(C(=O)[C@H]2NCCO[C@@H]2C)CCS1(=O)=O. The fourth-order valence-electron chi connectivity index (χ4n) is 2.36. The first-order valence-electron chi connectivity index (χ1n) is 6.27. The van der Waals surface area contributed by atoms with Gasteiger partial charge in [-0.2, -0.15) is 0 Å². The third kappa shape index (κ3) is 2.67. The van der Waals surface area contributed by atoms with Gasteiger partial charge in [0.15, 0.2) is 9.84 Å². The topological polar surface area (TPSA) is 75.7 Å². The van der Waals surface area contributed by atoms with E-state index in [4.69, 9.17) is 4.74 Å². The Morgan fingerprint density at radius 3 is 2.72 bits per heavy atom. The largest absolute Gasteiger partial charge is 0.375 e. The number of carbonyl (C=O) groups excluding carboxylic acids is 1. The summed E-state index contributed by atoms with van der Waals surface area (Å²) in [5.41, 5.74) is 0. The van der Waals surface area contributed by atoms with Crippen molar-refractivity contribution in [2.75, 3.05) is 32.0 Å². The smallest absolute Gasteiger partial charge is 0.242 e. The maximum atomic E-state index is 12.3. The van der Waals surface area contributed by atoms with Gasteiger partial charge in [-0.25, -0.2) is 8.42 Å². The number of sulfone groups is 1. The van der Waals surface area contributed by atoms with E-state index in [0.29, 0.717) is 13.2 Å².